The van der Waals surface area contributed by atoms with Crippen LogP contribution in [-0.2, 0) is 16.6 Å². The lowest BCUT2D eigenvalue weighted by Gasteiger charge is -2.12. The number of fused-ring (bicyclic) bond motifs is 1. The summed E-state index contributed by atoms with van der Waals surface area (Å²) < 4.78 is 25.9. The van der Waals surface area contributed by atoms with Crippen molar-refractivity contribution in [2.45, 2.75) is 24.8 Å². The van der Waals surface area contributed by atoms with Gasteiger partial charge in [0, 0.05) is 11.9 Å². The van der Waals surface area contributed by atoms with Gasteiger partial charge in [-0.05, 0) is 36.8 Å². The van der Waals surface area contributed by atoms with Crippen LogP contribution in [0.1, 0.15) is 29.4 Å². The van der Waals surface area contributed by atoms with E-state index in [0.717, 1.165) is 0 Å². The van der Waals surface area contributed by atoms with Crippen LogP contribution in [-0.4, -0.2) is 24.1 Å². The molecule has 0 saturated heterocycles. The summed E-state index contributed by atoms with van der Waals surface area (Å²) in [6, 6.07) is 13.6. The second kappa shape index (κ2) is 8.22. The Morgan fingerprint density at radius 3 is 2.41 bits per heavy atom. The number of nitriles is 1. The molecule has 29 heavy (non-hydrogen) atoms. The van der Waals surface area contributed by atoms with Gasteiger partial charge in [-0.2, -0.15) is 10.4 Å². The van der Waals surface area contributed by atoms with E-state index in [1.807, 2.05) is 17.8 Å². The highest BCUT2D eigenvalue weighted by molar-refractivity contribution is 7.89. The van der Waals surface area contributed by atoms with E-state index in [1.54, 1.807) is 24.3 Å². The lowest BCUT2D eigenvalue weighted by atomic mass is 10.1. The Hall–Kier alpha value is -3.55. The van der Waals surface area contributed by atoms with E-state index in [4.69, 9.17) is 5.26 Å². The maximum absolute atomic E-state index is 12.6. The number of carbonyl (C=O) groups excluding carboxylic acids is 1. The van der Waals surface area contributed by atoms with Crippen molar-refractivity contribution in [1.82, 2.24) is 20.0 Å². The molecule has 0 atom stereocenters. The first-order chi connectivity index (χ1) is 13.9. The second-order valence-corrected chi connectivity index (χ2v) is 7.80. The van der Waals surface area contributed by atoms with Gasteiger partial charge in [0.25, 0.3) is 21.5 Å². The van der Waals surface area contributed by atoms with Gasteiger partial charge in [0.1, 0.15) is 0 Å². The molecule has 2 N–H and O–H groups in total. The molecule has 1 amide bonds. The fourth-order valence-electron chi connectivity index (χ4n) is 2.71. The van der Waals surface area contributed by atoms with Crippen LogP contribution >= 0.6 is 0 Å². The third kappa shape index (κ3) is 4.16. The molecule has 9 nitrogen and oxygen atoms in total. The lowest BCUT2D eigenvalue weighted by Crippen LogP contribution is -2.42. The summed E-state index contributed by atoms with van der Waals surface area (Å²) in [5, 5.41) is 13.5. The number of carbonyl (C=O) groups is 1. The molecule has 2 aromatic carbocycles. The molecule has 0 unspecified atom stereocenters. The van der Waals surface area contributed by atoms with Gasteiger partial charge in [0.05, 0.1) is 21.9 Å². The summed E-state index contributed by atoms with van der Waals surface area (Å²) in [4.78, 5) is 27.0. The average molecular weight is 411 g/mol. The van der Waals surface area contributed by atoms with Crippen LogP contribution in [0.15, 0.2) is 58.2 Å². The molecule has 3 rings (SSSR count). The lowest BCUT2D eigenvalue weighted by molar-refractivity contribution is 0.0939. The molecular formula is C19H17N5O4S. The highest BCUT2D eigenvalue weighted by Gasteiger charge is 2.20. The molecular weight excluding hydrogens is 394 g/mol. The first kappa shape index (κ1) is 20.2. The van der Waals surface area contributed by atoms with Crippen LogP contribution in [0.5, 0.6) is 0 Å². The van der Waals surface area contributed by atoms with E-state index >= 15 is 0 Å². The number of nitrogens with zero attached hydrogens (tertiary/aromatic N) is 3. The number of benzene rings is 2. The number of nitrogens with one attached hydrogen (secondary N) is 2. The second-order valence-electron chi connectivity index (χ2n) is 6.12. The molecule has 0 fully saturated rings. The number of amides is 1. The zero-order valence-electron chi connectivity index (χ0n) is 15.4. The largest absolute Gasteiger partial charge is 0.287 e. The van der Waals surface area contributed by atoms with E-state index in [-0.39, 0.29) is 16.1 Å². The summed E-state index contributed by atoms with van der Waals surface area (Å²) >= 11 is 0. The molecule has 1 heterocycles. The number of hydrazine groups is 1. The minimum absolute atomic E-state index is 0.0730. The van der Waals surface area contributed by atoms with Crippen molar-refractivity contribution >= 4 is 26.7 Å². The number of hydrogen-bond acceptors (Lipinski definition) is 6. The van der Waals surface area contributed by atoms with Gasteiger partial charge in [-0.15, -0.1) is 4.83 Å². The van der Waals surface area contributed by atoms with Crippen LogP contribution in [0.2, 0.25) is 0 Å². The standard InChI is InChI=1S/C19H17N5O4S/c1-2-11-24-19(26)16-6-4-3-5-15(16)17(22-24)18(25)21-23-29(27,28)14-9-7-13(12-20)8-10-14/h3-10,23H,2,11H2,1H3,(H,21,25). The predicted molar refractivity (Wildman–Crippen MR) is 105 cm³/mol. The topological polar surface area (TPSA) is 134 Å². The minimum atomic E-state index is -4.06. The first-order valence-corrected chi connectivity index (χ1v) is 10.2. The third-order valence-electron chi connectivity index (χ3n) is 4.11. The van der Waals surface area contributed by atoms with Crippen molar-refractivity contribution in [3.8, 4) is 6.07 Å². The predicted octanol–water partition coefficient (Wildman–Crippen LogP) is 1.30. The molecule has 0 bridgehead atoms. The van der Waals surface area contributed by atoms with E-state index in [1.165, 1.54) is 28.9 Å². The van der Waals surface area contributed by atoms with Crippen LogP contribution in [0, 0.1) is 11.3 Å². The van der Waals surface area contributed by atoms with E-state index in [0.29, 0.717) is 29.3 Å². The smallest absolute Gasteiger partial charge is 0.272 e. The average Bonchev–Trinajstić information content (AvgIpc) is 2.74. The summed E-state index contributed by atoms with van der Waals surface area (Å²) in [7, 11) is -4.06. The molecule has 0 aliphatic carbocycles. The van der Waals surface area contributed by atoms with E-state index < -0.39 is 15.9 Å². The molecule has 0 saturated carbocycles. The molecule has 0 radical (unpaired) electrons. The zero-order chi connectivity index (χ0) is 21.0. The maximum atomic E-state index is 12.6. The number of sulfonamides is 1. The highest BCUT2D eigenvalue weighted by Crippen LogP contribution is 2.14. The molecule has 0 aliphatic heterocycles. The third-order valence-corrected chi connectivity index (χ3v) is 5.37. The van der Waals surface area contributed by atoms with Crippen molar-refractivity contribution < 1.29 is 13.2 Å². The van der Waals surface area contributed by atoms with Gasteiger partial charge >= 0.3 is 0 Å². The number of aryl methyl sites for hydroxylation is 1. The van der Waals surface area contributed by atoms with Gasteiger partial charge < -0.3 is 0 Å². The van der Waals surface area contributed by atoms with Crippen molar-refractivity contribution in [1.29, 1.82) is 5.26 Å². The SMILES string of the molecule is CCCn1nc(C(=O)NNS(=O)(=O)c2ccc(C#N)cc2)c2ccccc2c1=O. The van der Waals surface area contributed by atoms with Gasteiger partial charge in [-0.25, -0.2) is 13.1 Å². The van der Waals surface area contributed by atoms with Gasteiger partial charge in [-0.1, -0.05) is 25.1 Å². The Kier molecular flexibility index (Phi) is 5.72. The molecule has 10 heteroatoms. The summed E-state index contributed by atoms with van der Waals surface area (Å²) in [6.07, 6.45) is 0.637. The number of hydrogen-bond donors (Lipinski definition) is 2. The Balaban J connectivity index is 1.91. The molecule has 1 aromatic heterocycles. The van der Waals surface area contributed by atoms with Crippen molar-refractivity contribution in [3.63, 3.8) is 0 Å². The number of rotatable bonds is 6. The monoisotopic (exact) mass is 411 g/mol. The maximum Gasteiger partial charge on any atom is 0.287 e. The molecule has 148 valence electrons. The fraction of sp³-hybridized carbons (Fsp3) is 0.158. The Bertz CT molecular complexity index is 1270. The van der Waals surface area contributed by atoms with E-state index in [9.17, 15) is 18.0 Å². The van der Waals surface area contributed by atoms with Gasteiger partial charge in [0.15, 0.2) is 5.69 Å². The van der Waals surface area contributed by atoms with E-state index in [2.05, 4.69) is 10.5 Å². The zero-order valence-corrected chi connectivity index (χ0v) is 16.2. The van der Waals surface area contributed by atoms with Crippen LogP contribution in [0.3, 0.4) is 0 Å². The van der Waals surface area contributed by atoms with Crippen molar-refractivity contribution in [2.75, 3.05) is 0 Å². The van der Waals surface area contributed by atoms with Crippen LogP contribution in [0.4, 0.5) is 0 Å². The Morgan fingerprint density at radius 2 is 1.79 bits per heavy atom. The fourth-order valence-corrected chi connectivity index (χ4v) is 3.55. The summed E-state index contributed by atoms with van der Waals surface area (Å²) in [5.74, 6) is -0.803. The van der Waals surface area contributed by atoms with Crippen molar-refractivity contribution in [2.24, 2.45) is 0 Å². The van der Waals surface area contributed by atoms with Crippen LogP contribution < -0.4 is 15.8 Å². The highest BCUT2D eigenvalue weighted by atomic mass is 32.2. The normalized spacial score (nSPS) is 11.2. The molecule has 3 aromatic rings. The molecule has 0 aliphatic rings. The first-order valence-electron chi connectivity index (χ1n) is 8.69. The Morgan fingerprint density at radius 1 is 1.14 bits per heavy atom. The molecule has 0 spiro atoms. The summed E-state index contributed by atoms with van der Waals surface area (Å²) in [6.45, 7) is 2.19. The Labute approximate surface area is 166 Å². The quantitative estimate of drug-likeness (QED) is 0.587. The van der Waals surface area contributed by atoms with Crippen LogP contribution in [0.25, 0.3) is 10.8 Å². The number of aromatic nitrogens is 2. The van der Waals surface area contributed by atoms with Gasteiger partial charge in [0.2, 0.25) is 0 Å². The minimum Gasteiger partial charge on any atom is -0.272 e. The van der Waals surface area contributed by atoms with Gasteiger partial charge in [-0.3, -0.25) is 15.0 Å². The summed E-state index contributed by atoms with van der Waals surface area (Å²) in [5.41, 5.74) is 2.04. The van der Waals surface area contributed by atoms with Crippen molar-refractivity contribution in [3.05, 3.63) is 70.1 Å².